The Bertz CT molecular complexity index is 518. The van der Waals surface area contributed by atoms with E-state index in [0.29, 0.717) is 5.56 Å². The first kappa shape index (κ1) is 15.1. The summed E-state index contributed by atoms with van der Waals surface area (Å²) in [6.45, 7) is -0.711. The van der Waals surface area contributed by atoms with Crippen LogP contribution < -0.4 is 5.32 Å². The van der Waals surface area contributed by atoms with Crippen molar-refractivity contribution < 1.29 is 24.2 Å². The van der Waals surface area contributed by atoms with Gasteiger partial charge in [-0.25, -0.2) is 9.18 Å². The van der Waals surface area contributed by atoms with Crippen molar-refractivity contribution in [3.8, 4) is 0 Å². The fourth-order valence-electron chi connectivity index (χ4n) is 1.19. The number of carbonyl (C=O) groups excluding carboxylic acids is 1. The van der Waals surface area contributed by atoms with Crippen LogP contribution >= 0.6 is 11.6 Å². The van der Waals surface area contributed by atoms with Crippen molar-refractivity contribution in [2.24, 2.45) is 0 Å². The molecule has 1 aromatic rings. The average molecular weight is 288 g/mol. The van der Waals surface area contributed by atoms with Crippen molar-refractivity contribution in [2.75, 3.05) is 6.61 Å². The molecule has 0 aliphatic rings. The summed E-state index contributed by atoms with van der Waals surface area (Å²) in [7, 11) is 0. The lowest BCUT2D eigenvalue weighted by atomic mass is 10.2. The highest BCUT2D eigenvalue weighted by atomic mass is 35.5. The Morgan fingerprint density at radius 3 is 2.68 bits per heavy atom. The van der Waals surface area contributed by atoms with E-state index in [1.54, 1.807) is 0 Å². The Labute approximate surface area is 113 Å². The van der Waals surface area contributed by atoms with Gasteiger partial charge in [0, 0.05) is 6.08 Å². The van der Waals surface area contributed by atoms with Gasteiger partial charge in [0.05, 0.1) is 11.6 Å². The molecular formula is C12H11ClFNO4. The first-order valence-corrected chi connectivity index (χ1v) is 5.59. The monoisotopic (exact) mass is 287 g/mol. The molecular weight excluding hydrogens is 277 g/mol. The van der Waals surface area contributed by atoms with Gasteiger partial charge in [0.2, 0.25) is 5.91 Å². The topological polar surface area (TPSA) is 86.6 Å². The molecule has 0 fully saturated rings. The van der Waals surface area contributed by atoms with Crippen LogP contribution in [0.25, 0.3) is 6.08 Å². The number of halogens is 2. The number of hydrogen-bond acceptors (Lipinski definition) is 3. The SMILES string of the molecule is O=C(/C=C/c1ccc(F)c(Cl)c1)N[C@H](CO)C(=O)O. The van der Waals surface area contributed by atoms with Crippen molar-refractivity contribution in [3.05, 3.63) is 40.7 Å². The highest BCUT2D eigenvalue weighted by Gasteiger charge is 2.16. The van der Waals surface area contributed by atoms with Gasteiger partial charge >= 0.3 is 5.97 Å². The van der Waals surface area contributed by atoms with E-state index < -0.39 is 30.3 Å². The fraction of sp³-hybridized carbons (Fsp3) is 0.167. The molecule has 0 radical (unpaired) electrons. The van der Waals surface area contributed by atoms with Crippen LogP contribution in [0.3, 0.4) is 0 Å². The average Bonchev–Trinajstić information content (AvgIpc) is 2.37. The molecule has 1 rings (SSSR count). The van der Waals surface area contributed by atoms with E-state index in [2.05, 4.69) is 5.32 Å². The summed E-state index contributed by atoms with van der Waals surface area (Å²) < 4.78 is 12.9. The number of aliphatic hydroxyl groups excluding tert-OH is 1. The van der Waals surface area contributed by atoms with Crippen LogP contribution in [0.2, 0.25) is 5.02 Å². The first-order valence-electron chi connectivity index (χ1n) is 5.21. The van der Waals surface area contributed by atoms with Crippen LogP contribution in [0, 0.1) is 5.82 Å². The second kappa shape index (κ2) is 6.86. The predicted molar refractivity (Wildman–Crippen MR) is 67.1 cm³/mol. The first-order chi connectivity index (χ1) is 8.93. The Hall–Kier alpha value is -1.92. The maximum absolute atomic E-state index is 12.9. The maximum atomic E-state index is 12.9. The van der Waals surface area contributed by atoms with Gasteiger partial charge in [-0.15, -0.1) is 0 Å². The second-order valence-electron chi connectivity index (χ2n) is 3.59. The quantitative estimate of drug-likeness (QED) is 0.707. The van der Waals surface area contributed by atoms with Gasteiger partial charge in [-0.05, 0) is 23.8 Å². The van der Waals surface area contributed by atoms with Gasteiger partial charge in [0.15, 0.2) is 6.04 Å². The lowest BCUT2D eigenvalue weighted by Crippen LogP contribution is -2.42. The van der Waals surface area contributed by atoms with Crippen LogP contribution in [0.15, 0.2) is 24.3 Å². The number of rotatable bonds is 5. The molecule has 1 amide bonds. The minimum Gasteiger partial charge on any atom is -0.480 e. The van der Waals surface area contributed by atoms with Crippen LogP contribution in [0.4, 0.5) is 4.39 Å². The van der Waals surface area contributed by atoms with E-state index in [-0.39, 0.29) is 5.02 Å². The maximum Gasteiger partial charge on any atom is 0.328 e. The second-order valence-corrected chi connectivity index (χ2v) is 4.00. The molecule has 1 atom stereocenters. The normalized spacial score (nSPS) is 12.4. The zero-order chi connectivity index (χ0) is 14.4. The molecule has 0 heterocycles. The number of nitrogens with one attached hydrogen (secondary N) is 1. The highest BCUT2D eigenvalue weighted by molar-refractivity contribution is 6.30. The largest absolute Gasteiger partial charge is 0.480 e. The van der Waals surface area contributed by atoms with Gasteiger partial charge in [0.1, 0.15) is 5.82 Å². The predicted octanol–water partition coefficient (Wildman–Crippen LogP) is 1.05. The van der Waals surface area contributed by atoms with Gasteiger partial charge in [-0.2, -0.15) is 0 Å². The highest BCUT2D eigenvalue weighted by Crippen LogP contribution is 2.16. The minimum absolute atomic E-state index is 0.0821. The van der Waals surface area contributed by atoms with Gasteiger partial charge in [0.25, 0.3) is 0 Å². The number of aliphatic hydroxyl groups is 1. The van der Waals surface area contributed by atoms with Crippen LogP contribution in [-0.4, -0.2) is 34.7 Å². The van der Waals surface area contributed by atoms with Gasteiger partial charge < -0.3 is 15.5 Å². The molecule has 19 heavy (non-hydrogen) atoms. The molecule has 0 aliphatic carbocycles. The number of aliphatic carboxylic acids is 1. The van der Waals surface area contributed by atoms with E-state index in [9.17, 15) is 14.0 Å². The van der Waals surface area contributed by atoms with E-state index in [1.165, 1.54) is 18.2 Å². The van der Waals surface area contributed by atoms with Crippen molar-refractivity contribution in [1.82, 2.24) is 5.32 Å². The summed E-state index contributed by atoms with van der Waals surface area (Å²) in [5.74, 6) is -2.61. The Morgan fingerprint density at radius 1 is 1.47 bits per heavy atom. The third-order valence-corrected chi connectivity index (χ3v) is 2.46. The van der Waals surface area contributed by atoms with Crippen LogP contribution in [0.1, 0.15) is 5.56 Å². The van der Waals surface area contributed by atoms with E-state index >= 15 is 0 Å². The molecule has 1 aromatic carbocycles. The third-order valence-electron chi connectivity index (χ3n) is 2.17. The van der Waals surface area contributed by atoms with Crippen LogP contribution in [0.5, 0.6) is 0 Å². The minimum atomic E-state index is -1.37. The van der Waals surface area contributed by atoms with Gasteiger partial charge in [-0.3, -0.25) is 4.79 Å². The third kappa shape index (κ3) is 4.69. The molecule has 0 aliphatic heterocycles. The smallest absolute Gasteiger partial charge is 0.328 e. The molecule has 0 spiro atoms. The van der Waals surface area contributed by atoms with E-state index in [0.717, 1.165) is 12.1 Å². The fourth-order valence-corrected chi connectivity index (χ4v) is 1.38. The molecule has 7 heteroatoms. The molecule has 3 N–H and O–H groups in total. The van der Waals surface area contributed by atoms with Crippen molar-refractivity contribution >= 4 is 29.6 Å². The lowest BCUT2D eigenvalue weighted by Gasteiger charge is -2.09. The molecule has 0 aromatic heterocycles. The Kier molecular flexibility index (Phi) is 5.47. The molecule has 0 unspecified atom stereocenters. The van der Waals surface area contributed by atoms with Gasteiger partial charge in [-0.1, -0.05) is 17.7 Å². The Morgan fingerprint density at radius 2 is 2.16 bits per heavy atom. The molecule has 5 nitrogen and oxygen atoms in total. The molecule has 102 valence electrons. The number of hydrogen-bond donors (Lipinski definition) is 3. The van der Waals surface area contributed by atoms with Crippen molar-refractivity contribution in [3.63, 3.8) is 0 Å². The Balaban J connectivity index is 2.68. The lowest BCUT2D eigenvalue weighted by molar-refractivity contribution is -0.142. The summed E-state index contributed by atoms with van der Waals surface area (Å²) >= 11 is 5.56. The number of carboxylic acid groups (broad SMARTS) is 1. The number of carboxylic acids is 1. The van der Waals surface area contributed by atoms with Crippen molar-refractivity contribution in [2.45, 2.75) is 6.04 Å². The number of carbonyl (C=O) groups is 2. The summed E-state index contributed by atoms with van der Waals surface area (Å²) in [5, 5.41) is 19.3. The number of benzene rings is 1. The van der Waals surface area contributed by atoms with Crippen LogP contribution in [-0.2, 0) is 9.59 Å². The molecule has 0 saturated heterocycles. The molecule has 0 bridgehead atoms. The standard InChI is InChI=1S/C12H11ClFNO4/c13-8-5-7(1-3-9(8)14)2-4-11(17)15-10(6-16)12(18)19/h1-5,10,16H,6H2,(H,15,17)(H,18,19)/b4-2+/t10-/m1/s1. The zero-order valence-corrected chi connectivity index (χ0v) is 10.4. The van der Waals surface area contributed by atoms with E-state index in [1.807, 2.05) is 0 Å². The molecule has 0 saturated carbocycles. The summed E-state index contributed by atoms with van der Waals surface area (Å²) in [4.78, 5) is 21.9. The summed E-state index contributed by atoms with van der Waals surface area (Å²) in [5.41, 5.74) is 0.484. The summed E-state index contributed by atoms with van der Waals surface area (Å²) in [6.07, 6.45) is 2.41. The zero-order valence-electron chi connectivity index (χ0n) is 9.64. The van der Waals surface area contributed by atoms with Crippen molar-refractivity contribution in [1.29, 1.82) is 0 Å². The number of amides is 1. The summed E-state index contributed by atoms with van der Waals surface area (Å²) in [6, 6.07) is 2.51. The van der Waals surface area contributed by atoms with E-state index in [4.69, 9.17) is 21.8 Å².